The van der Waals surface area contributed by atoms with E-state index in [1.165, 1.54) is 44.2 Å². The number of carbonyl (C=O) groups is 4. The molecule has 418 valence electrons. The van der Waals surface area contributed by atoms with Crippen LogP contribution in [0.4, 0.5) is 27.6 Å². The molecule has 12 heteroatoms. The fourth-order valence-electron chi connectivity index (χ4n) is 15.3. The highest BCUT2D eigenvalue weighted by Gasteiger charge is 2.48. The Bertz CT molecular complexity index is 2900. The number of fused-ring (bicyclic) bond motifs is 1. The average molecular weight is 1070 g/mol. The molecule has 4 aliphatic carbocycles. The summed E-state index contributed by atoms with van der Waals surface area (Å²) in [6.45, 7) is 19.6. The lowest BCUT2D eigenvalue weighted by Gasteiger charge is -2.32. The van der Waals surface area contributed by atoms with Crippen molar-refractivity contribution in [3.8, 4) is 0 Å². The quantitative estimate of drug-likeness (QED) is 0.103. The lowest BCUT2D eigenvalue weighted by molar-refractivity contribution is -0.139. The normalized spacial score (nSPS) is 26.8. The summed E-state index contributed by atoms with van der Waals surface area (Å²) in [4.78, 5) is 54.2. The van der Waals surface area contributed by atoms with E-state index in [1.807, 2.05) is 40.7 Å². The van der Waals surface area contributed by atoms with Crippen molar-refractivity contribution in [2.75, 3.05) is 11.9 Å². The molecule has 2 amide bonds. The van der Waals surface area contributed by atoms with Crippen LogP contribution < -0.4 is 10.6 Å². The fourth-order valence-corrected chi connectivity index (χ4v) is 15.3. The molecule has 2 N–H and O–H groups in total. The summed E-state index contributed by atoms with van der Waals surface area (Å²) in [7, 11) is 0. The topological polar surface area (TPSA) is 95.6 Å². The molecule has 5 aliphatic rings. The third kappa shape index (κ3) is 11.5. The Morgan fingerprint density at radius 2 is 1.31 bits per heavy atom. The van der Waals surface area contributed by atoms with Gasteiger partial charge in [0.05, 0.1) is 12.1 Å². The molecule has 78 heavy (non-hydrogen) atoms. The lowest BCUT2D eigenvalue weighted by Crippen LogP contribution is -2.47. The van der Waals surface area contributed by atoms with Crippen molar-refractivity contribution in [2.45, 2.75) is 186 Å². The average Bonchev–Trinajstić information content (AvgIpc) is 4.25. The van der Waals surface area contributed by atoms with Gasteiger partial charge in [-0.1, -0.05) is 71.9 Å². The second-order valence-corrected chi connectivity index (χ2v) is 24.9. The standard InChI is InChI=1S/C66H80F5N3O4/c1-34(2)51(27-37(6)75)66(78)74-25-11-14-61(74)39(8)72-60-33-57(69)54(26-36(60)5)48-23-24-49(62(48)45-30-58(70)63(59(71)31-45)43-17-15-41(16-18-43)42-19-21-46(67)22-20-42)55-32-52-38(7)53(28-44(52)29-56(55)68)47-12-10-13-50(47)65(77)64(35(3)4)73-40(9)76/h19-22,26,29-35,38,41,43,47-51,53,61-62,64,72H,8,10-18,23-25,27-28H2,1-7,9H3,(H,73,76)/t38?,41?,43?,47-,48-,49-,50?,51+,53?,61+,62?,64+/m1/s1. The van der Waals surface area contributed by atoms with Gasteiger partial charge in [0.1, 0.15) is 34.9 Å². The van der Waals surface area contributed by atoms with Crippen LogP contribution in [0.25, 0.3) is 0 Å². The molecular formula is C66H80F5N3O4. The third-order valence-electron chi connectivity index (χ3n) is 19.3. The number of halogens is 5. The van der Waals surface area contributed by atoms with Gasteiger partial charge in [0, 0.05) is 48.7 Å². The van der Waals surface area contributed by atoms with E-state index in [9.17, 15) is 23.6 Å². The number of carbonyl (C=O) groups excluding carboxylic acids is 4. The summed E-state index contributed by atoms with van der Waals surface area (Å²) in [5.74, 6) is -5.65. The maximum absolute atomic E-state index is 17.2. The summed E-state index contributed by atoms with van der Waals surface area (Å²) in [6.07, 6.45) is 8.03. The molecule has 4 fully saturated rings. The Morgan fingerprint density at radius 1 is 0.679 bits per heavy atom. The molecule has 0 bridgehead atoms. The smallest absolute Gasteiger partial charge is 0.226 e. The molecule has 9 rings (SSSR count). The molecule has 4 aromatic rings. The SMILES string of the molecule is C=C(Nc1cc(F)c([C@H]2CC[C@H](c3cc4c(cc3F)CC([C@@H]3CCCC3C(=O)[C@@H](NC(C)=O)C(C)C)C4C)C2c2cc(F)c(C3CCC(c4ccc(F)cc4)CC3)c(F)c2)cc1C)[C@@H]1CCCN1C(=O)[C@@H](CC(C)=O)C(C)C. The minimum absolute atomic E-state index is 0.0134. The maximum Gasteiger partial charge on any atom is 0.226 e. The van der Waals surface area contributed by atoms with Crippen molar-refractivity contribution < 1.29 is 41.1 Å². The van der Waals surface area contributed by atoms with Gasteiger partial charge in [0.2, 0.25) is 11.8 Å². The van der Waals surface area contributed by atoms with Gasteiger partial charge in [-0.3, -0.25) is 14.4 Å². The number of benzene rings is 4. The van der Waals surface area contributed by atoms with Crippen LogP contribution >= 0.6 is 0 Å². The first-order chi connectivity index (χ1) is 37.1. The van der Waals surface area contributed by atoms with Crippen LogP contribution in [-0.2, 0) is 25.6 Å². The van der Waals surface area contributed by atoms with Crippen LogP contribution in [0.5, 0.6) is 0 Å². The van der Waals surface area contributed by atoms with E-state index in [2.05, 4.69) is 24.1 Å². The number of likely N-dealkylation sites (tertiary alicyclic amines) is 1. The number of hydrogen-bond acceptors (Lipinski definition) is 5. The summed E-state index contributed by atoms with van der Waals surface area (Å²) < 4.78 is 82.0. The van der Waals surface area contributed by atoms with Gasteiger partial charge in [-0.05, 0) is 219 Å². The van der Waals surface area contributed by atoms with Gasteiger partial charge in [-0.2, -0.15) is 0 Å². The van der Waals surface area contributed by atoms with Crippen LogP contribution in [-0.4, -0.2) is 46.9 Å². The predicted octanol–water partition coefficient (Wildman–Crippen LogP) is 15.2. The van der Waals surface area contributed by atoms with Crippen LogP contribution in [0.3, 0.4) is 0 Å². The molecular weight excluding hydrogens is 994 g/mol. The van der Waals surface area contributed by atoms with Gasteiger partial charge in [0.25, 0.3) is 0 Å². The summed E-state index contributed by atoms with van der Waals surface area (Å²) in [6, 6.07) is 15.1. The Hall–Kier alpha value is -5.65. The molecule has 7 nitrogen and oxygen atoms in total. The zero-order valence-electron chi connectivity index (χ0n) is 46.9. The number of anilines is 1. The highest BCUT2D eigenvalue weighted by molar-refractivity contribution is 5.91. The minimum atomic E-state index is -0.708. The monoisotopic (exact) mass is 1070 g/mol. The summed E-state index contributed by atoms with van der Waals surface area (Å²) in [5, 5.41) is 6.25. The number of ketones is 2. The lowest BCUT2D eigenvalue weighted by atomic mass is 9.73. The number of aryl methyl sites for hydroxylation is 1. The van der Waals surface area contributed by atoms with Crippen molar-refractivity contribution >= 4 is 29.1 Å². The molecule has 4 aromatic carbocycles. The highest BCUT2D eigenvalue weighted by atomic mass is 19.1. The van der Waals surface area contributed by atoms with Crippen LogP contribution in [0.1, 0.15) is 206 Å². The van der Waals surface area contributed by atoms with Gasteiger partial charge < -0.3 is 20.3 Å². The number of rotatable bonds is 17. The Balaban J connectivity index is 1.02. The Kier molecular flexibility index (Phi) is 17.3. The molecule has 0 aromatic heterocycles. The van der Waals surface area contributed by atoms with Crippen molar-refractivity contribution in [3.05, 3.63) is 147 Å². The number of nitrogens with zero attached hydrogens (tertiary/aromatic N) is 1. The minimum Gasteiger partial charge on any atom is -0.357 e. The van der Waals surface area contributed by atoms with E-state index in [4.69, 9.17) is 0 Å². The van der Waals surface area contributed by atoms with E-state index in [1.54, 1.807) is 29.2 Å². The zero-order valence-corrected chi connectivity index (χ0v) is 46.9. The molecule has 10 atom stereocenters. The van der Waals surface area contributed by atoms with Crippen molar-refractivity contribution in [1.29, 1.82) is 0 Å². The molecule has 0 spiro atoms. The number of nitrogens with one attached hydrogen (secondary N) is 2. The molecule has 1 heterocycles. The van der Waals surface area contributed by atoms with Crippen molar-refractivity contribution in [2.24, 2.45) is 35.5 Å². The summed E-state index contributed by atoms with van der Waals surface area (Å²) >= 11 is 0. The second-order valence-electron chi connectivity index (χ2n) is 24.9. The van der Waals surface area contributed by atoms with E-state index < -0.39 is 53.0 Å². The van der Waals surface area contributed by atoms with E-state index in [0.29, 0.717) is 91.5 Å². The van der Waals surface area contributed by atoms with Crippen LogP contribution in [0.2, 0.25) is 0 Å². The van der Waals surface area contributed by atoms with Crippen LogP contribution in [0, 0.1) is 71.5 Å². The third-order valence-corrected chi connectivity index (χ3v) is 19.3. The number of Topliss-reactive ketones (excluding diaryl/α,β-unsaturated/α-hetero) is 2. The maximum atomic E-state index is 17.2. The fraction of sp³-hybridized carbons (Fsp3) is 0.545. The van der Waals surface area contributed by atoms with Crippen molar-refractivity contribution in [1.82, 2.24) is 10.2 Å². The summed E-state index contributed by atoms with van der Waals surface area (Å²) in [5.41, 5.74) is 5.81. The molecule has 1 saturated heterocycles. The zero-order chi connectivity index (χ0) is 56.0. The highest BCUT2D eigenvalue weighted by Crippen LogP contribution is 2.58. The first-order valence-electron chi connectivity index (χ1n) is 29.0. The van der Waals surface area contributed by atoms with E-state index >= 15 is 17.6 Å². The molecule has 0 radical (unpaired) electrons. The number of hydrogen-bond donors (Lipinski definition) is 2. The van der Waals surface area contributed by atoms with Gasteiger partial charge >= 0.3 is 0 Å². The van der Waals surface area contributed by atoms with E-state index in [0.717, 1.165) is 42.4 Å². The first kappa shape index (κ1) is 57.0. The molecule has 3 saturated carbocycles. The van der Waals surface area contributed by atoms with E-state index in [-0.39, 0.29) is 94.6 Å². The van der Waals surface area contributed by atoms with Crippen LogP contribution in [0.15, 0.2) is 72.9 Å². The Morgan fingerprint density at radius 3 is 1.92 bits per heavy atom. The van der Waals surface area contributed by atoms with Crippen molar-refractivity contribution in [3.63, 3.8) is 0 Å². The largest absolute Gasteiger partial charge is 0.357 e. The Labute approximate surface area is 459 Å². The molecule has 1 aliphatic heterocycles. The molecule has 4 unspecified atom stereocenters. The van der Waals surface area contributed by atoms with Gasteiger partial charge in [-0.15, -0.1) is 0 Å². The van der Waals surface area contributed by atoms with Gasteiger partial charge in [-0.25, -0.2) is 22.0 Å². The predicted molar refractivity (Wildman–Crippen MR) is 297 cm³/mol. The first-order valence-corrected chi connectivity index (χ1v) is 29.0. The second kappa shape index (κ2) is 23.6. The van der Waals surface area contributed by atoms with Gasteiger partial charge in [0.15, 0.2) is 5.78 Å². The number of amides is 2.